The highest BCUT2D eigenvalue weighted by Gasteiger charge is 2.38. The standard InChI is InChI=1S/C20H31N3O2/c1-21(2)19(24)15-22-10-6-11-23(13-12-22)16-20(9-14-25-17-20)18-7-4-3-5-8-18/h3-5,7-8H,6,9-17H2,1-2H3/t20-/m1/s1. The summed E-state index contributed by atoms with van der Waals surface area (Å²) in [4.78, 5) is 18.5. The number of rotatable bonds is 5. The predicted molar refractivity (Wildman–Crippen MR) is 99.7 cm³/mol. The zero-order valence-corrected chi connectivity index (χ0v) is 15.6. The Morgan fingerprint density at radius 3 is 2.52 bits per heavy atom. The molecule has 1 aromatic rings. The van der Waals surface area contributed by atoms with Crippen LogP contribution in [0.3, 0.4) is 0 Å². The number of benzene rings is 1. The maximum atomic E-state index is 12.0. The van der Waals surface area contributed by atoms with Gasteiger partial charge in [0.2, 0.25) is 5.91 Å². The Balaban J connectivity index is 1.61. The molecular weight excluding hydrogens is 314 g/mol. The largest absolute Gasteiger partial charge is 0.380 e. The number of hydrogen-bond donors (Lipinski definition) is 0. The second-order valence-electron chi connectivity index (χ2n) is 7.64. The van der Waals surface area contributed by atoms with E-state index in [0.717, 1.165) is 58.8 Å². The molecule has 1 aromatic carbocycles. The third-order valence-electron chi connectivity index (χ3n) is 5.55. The van der Waals surface area contributed by atoms with E-state index in [1.165, 1.54) is 5.56 Å². The van der Waals surface area contributed by atoms with Crippen molar-refractivity contribution in [3.8, 4) is 0 Å². The van der Waals surface area contributed by atoms with Gasteiger partial charge in [-0.2, -0.15) is 0 Å². The highest BCUT2D eigenvalue weighted by molar-refractivity contribution is 5.77. The number of ether oxygens (including phenoxy) is 1. The maximum absolute atomic E-state index is 12.0. The molecule has 0 aliphatic carbocycles. The van der Waals surface area contributed by atoms with Crippen molar-refractivity contribution in [2.45, 2.75) is 18.3 Å². The summed E-state index contributed by atoms with van der Waals surface area (Å²) in [6, 6.07) is 10.8. The third-order valence-corrected chi connectivity index (χ3v) is 5.55. The van der Waals surface area contributed by atoms with Gasteiger partial charge in [0.25, 0.3) is 0 Å². The molecule has 2 fully saturated rings. The molecule has 0 radical (unpaired) electrons. The van der Waals surface area contributed by atoms with E-state index in [4.69, 9.17) is 4.74 Å². The van der Waals surface area contributed by atoms with Crippen molar-refractivity contribution in [3.63, 3.8) is 0 Å². The number of carbonyl (C=O) groups excluding carboxylic acids is 1. The second-order valence-corrected chi connectivity index (χ2v) is 7.64. The van der Waals surface area contributed by atoms with Crippen molar-refractivity contribution in [2.24, 2.45) is 0 Å². The average molecular weight is 345 g/mol. The molecule has 138 valence electrons. The zero-order chi connectivity index (χ0) is 17.7. The van der Waals surface area contributed by atoms with Gasteiger partial charge in [-0.1, -0.05) is 30.3 Å². The zero-order valence-electron chi connectivity index (χ0n) is 15.6. The lowest BCUT2D eigenvalue weighted by Crippen LogP contribution is -2.43. The van der Waals surface area contributed by atoms with Crippen molar-refractivity contribution in [2.75, 3.05) is 66.6 Å². The van der Waals surface area contributed by atoms with Crippen LogP contribution < -0.4 is 0 Å². The summed E-state index contributed by atoms with van der Waals surface area (Å²) >= 11 is 0. The average Bonchev–Trinajstić information content (AvgIpc) is 2.99. The lowest BCUT2D eigenvalue weighted by molar-refractivity contribution is -0.129. The van der Waals surface area contributed by atoms with E-state index in [1.54, 1.807) is 4.90 Å². The van der Waals surface area contributed by atoms with Gasteiger partial charge in [0, 0.05) is 45.8 Å². The molecule has 0 aromatic heterocycles. The topological polar surface area (TPSA) is 36.0 Å². The van der Waals surface area contributed by atoms with E-state index < -0.39 is 0 Å². The van der Waals surface area contributed by atoms with Crippen LogP contribution in [0.5, 0.6) is 0 Å². The van der Waals surface area contributed by atoms with Gasteiger partial charge < -0.3 is 14.5 Å². The van der Waals surface area contributed by atoms with Crippen LogP contribution in [0.2, 0.25) is 0 Å². The summed E-state index contributed by atoms with van der Waals surface area (Å²) < 4.78 is 5.80. The first-order chi connectivity index (χ1) is 12.1. The van der Waals surface area contributed by atoms with Gasteiger partial charge in [0.05, 0.1) is 13.2 Å². The van der Waals surface area contributed by atoms with Gasteiger partial charge >= 0.3 is 0 Å². The summed E-state index contributed by atoms with van der Waals surface area (Å²) in [5, 5.41) is 0. The van der Waals surface area contributed by atoms with E-state index in [0.29, 0.717) is 6.54 Å². The Bertz CT molecular complexity index is 555. The summed E-state index contributed by atoms with van der Waals surface area (Å²) in [5.41, 5.74) is 1.52. The van der Waals surface area contributed by atoms with Crippen LogP contribution >= 0.6 is 0 Å². The molecule has 3 rings (SSSR count). The molecule has 2 aliphatic rings. The van der Waals surface area contributed by atoms with Gasteiger partial charge in [0.15, 0.2) is 0 Å². The molecule has 25 heavy (non-hydrogen) atoms. The van der Waals surface area contributed by atoms with E-state index in [2.05, 4.69) is 40.1 Å². The Kier molecular flexibility index (Phi) is 6.10. The Hall–Kier alpha value is -1.43. The molecule has 0 bridgehead atoms. The molecular formula is C20H31N3O2. The molecule has 1 amide bonds. The van der Waals surface area contributed by atoms with Crippen LogP contribution in [0.25, 0.3) is 0 Å². The number of nitrogens with zero attached hydrogens (tertiary/aromatic N) is 3. The fourth-order valence-corrected chi connectivity index (χ4v) is 3.94. The van der Waals surface area contributed by atoms with Gasteiger partial charge in [-0.3, -0.25) is 9.69 Å². The van der Waals surface area contributed by atoms with E-state index in [-0.39, 0.29) is 11.3 Å². The molecule has 0 spiro atoms. The van der Waals surface area contributed by atoms with Crippen LogP contribution in [-0.4, -0.2) is 87.2 Å². The summed E-state index contributed by atoms with van der Waals surface area (Å²) in [6.45, 7) is 7.34. The fraction of sp³-hybridized carbons (Fsp3) is 0.650. The number of amides is 1. The molecule has 2 aliphatic heterocycles. The quantitative estimate of drug-likeness (QED) is 0.809. The molecule has 0 saturated carbocycles. The molecule has 2 heterocycles. The van der Waals surface area contributed by atoms with Crippen molar-refractivity contribution in [3.05, 3.63) is 35.9 Å². The summed E-state index contributed by atoms with van der Waals surface area (Å²) in [5.74, 6) is 0.193. The maximum Gasteiger partial charge on any atom is 0.236 e. The lowest BCUT2D eigenvalue weighted by atomic mass is 9.79. The molecule has 2 saturated heterocycles. The number of hydrogen-bond acceptors (Lipinski definition) is 4. The number of likely N-dealkylation sites (N-methyl/N-ethyl adjacent to an activating group) is 1. The molecule has 0 N–H and O–H groups in total. The highest BCUT2D eigenvalue weighted by atomic mass is 16.5. The van der Waals surface area contributed by atoms with Crippen LogP contribution in [0.4, 0.5) is 0 Å². The molecule has 0 unspecified atom stereocenters. The van der Waals surface area contributed by atoms with Crippen LogP contribution in [0.15, 0.2) is 30.3 Å². The smallest absolute Gasteiger partial charge is 0.236 e. The molecule has 5 heteroatoms. The van der Waals surface area contributed by atoms with E-state index >= 15 is 0 Å². The van der Waals surface area contributed by atoms with E-state index in [9.17, 15) is 4.79 Å². The van der Waals surface area contributed by atoms with Gasteiger partial charge in [-0.25, -0.2) is 0 Å². The first-order valence-electron chi connectivity index (χ1n) is 9.37. The van der Waals surface area contributed by atoms with Crippen molar-refractivity contribution < 1.29 is 9.53 Å². The first-order valence-corrected chi connectivity index (χ1v) is 9.37. The minimum absolute atomic E-state index is 0.121. The summed E-state index contributed by atoms with van der Waals surface area (Å²) in [6.07, 6.45) is 2.21. The lowest BCUT2D eigenvalue weighted by Gasteiger charge is -2.34. The fourth-order valence-electron chi connectivity index (χ4n) is 3.94. The predicted octanol–water partition coefficient (Wildman–Crippen LogP) is 1.44. The second kappa shape index (κ2) is 8.30. The Labute approximate surface area is 151 Å². The van der Waals surface area contributed by atoms with Crippen molar-refractivity contribution >= 4 is 5.91 Å². The van der Waals surface area contributed by atoms with Gasteiger partial charge in [-0.05, 0) is 31.5 Å². The van der Waals surface area contributed by atoms with Crippen molar-refractivity contribution in [1.29, 1.82) is 0 Å². The minimum atomic E-state index is 0.121. The van der Waals surface area contributed by atoms with Crippen LogP contribution in [-0.2, 0) is 14.9 Å². The Morgan fingerprint density at radius 2 is 1.84 bits per heavy atom. The SMILES string of the molecule is CN(C)C(=O)CN1CCCN(C[C@]2(c3ccccc3)CCOC2)CC1. The van der Waals surface area contributed by atoms with Gasteiger partial charge in [0.1, 0.15) is 0 Å². The van der Waals surface area contributed by atoms with E-state index in [1.807, 2.05) is 14.1 Å². The van der Waals surface area contributed by atoms with Crippen molar-refractivity contribution in [1.82, 2.24) is 14.7 Å². The molecule has 5 nitrogen and oxygen atoms in total. The van der Waals surface area contributed by atoms with Crippen LogP contribution in [0.1, 0.15) is 18.4 Å². The van der Waals surface area contributed by atoms with Gasteiger partial charge in [-0.15, -0.1) is 0 Å². The first kappa shape index (κ1) is 18.4. The highest BCUT2D eigenvalue weighted by Crippen LogP contribution is 2.34. The molecule has 1 atom stereocenters. The number of carbonyl (C=O) groups is 1. The normalized spacial score (nSPS) is 25.7. The minimum Gasteiger partial charge on any atom is -0.380 e. The summed E-state index contributed by atoms with van der Waals surface area (Å²) in [7, 11) is 3.66. The monoisotopic (exact) mass is 345 g/mol. The third kappa shape index (κ3) is 4.60. The Morgan fingerprint density at radius 1 is 1.12 bits per heavy atom. The van der Waals surface area contributed by atoms with Crippen LogP contribution in [0, 0.1) is 0 Å².